The minimum Gasteiger partial charge on any atom is -0.444 e. The quantitative estimate of drug-likeness (QED) is 0.348. The number of benzene rings is 1. The molecule has 1 aromatic carbocycles. The number of nitrogens with zero attached hydrogens (tertiary/aromatic N) is 3. The van der Waals surface area contributed by atoms with Crippen LogP contribution in [0, 0.1) is 17.3 Å². The number of amides is 5. The maximum absolute atomic E-state index is 14.6. The van der Waals surface area contributed by atoms with Gasteiger partial charge in [-0.05, 0) is 61.5 Å². The van der Waals surface area contributed by atoms with Crippen LogP contribution in [0.4, 0.5) is 4.79 Å². The van der Waals surface area contributed by atoms with Gasteiger partial charge in [-0.25, -0.2) is 13.2 Å². The van der Waals surface area contributed by atoms with E-state index in [2.05, 4.69) is 16.6 Å². The van der Waals surface area contributed by atoms with E-state index in [9.17, 15) is 32.4 Å². The van der Waals surface area contributed by atoms with E-state index in [4.69, 9.17) is 4.74 Å². The average Bonchev–Trinajstić information content (AvgIpc) is 4.03. The Balaban J connectivity index is 1.22. The Hall–Kier alpha value is -3.94. The van der Waals surface area contributed by atoms with Gasteiger partial charge in [0.25, 0.3) is 5.91 Å². The van der Waals surface area contributed by atoms with Gasteiger partial charge >= 0.3 is 6.09 Å². The summed E-state index contributed by atoms with van der Waals surface area (Å²) in [4.78, 5) is 73.9. The third-order valence-corrected chi connectivity index (χ3v) is 13.0. The summed E-state index contributed by atoms with van der Waals surface area (Å²) in [6.45, 7) is 11.5. The Morgan fingerprint density at radius 3 is 2.33 bits per heavy atom. The summed E-state index contributed by atoms with van der Waals surface area (Å²) in [5.74, 6) is -3.32. The van der Waals surface area contributed by atoms with Crippen molar-refractivity contribution < 1.29 is 37.1 Å². The number of carbonyl (C=O) groups is 5. The van der Waals surface area contributed by atoms with Crippen molar-refractivity contribution in [3.05, 3.63) is 48.0 Å². The molecule has 5 atom stereocenters. The van der Waals surface area contributed by atoms with Gasteiger partial charge in [0.1, 0.15) is 17.7 Å². The first-order valence-electron chi connectivity index (χ1n) is 18.2. The molecule has 6 rings (SSSR count). The topological polar surface area (TPSA) is 162 Å². The first-order chi connectivity index (χ1) is 24.1. The molecule has 0 bridgehead atoms. The molecule has 5 amide bonds. The smallest absolute Gasteiger partial charge is 0.410 e. The number of likely N-dealkylation sites (tertiary alicyclic amines) is 2. The lowest BCUT2D eigenvalue weighted by Gasteiger charge is -2.36. The number of ether oxygens (including phenoxy) is 1. The van der Waals surface area contributed by atoms with Crippen LogP contribution in [0.5, 0.6) is 0 Å². The van der Waals surface area contributed by atoms with Crippen LogP contribution >= 0.6 is 0 Å². The number of fused-ring (bicyclic) bond motifs is 1. The lowest BCUT2D eigenvalue weighted by molar-refractivity contribution is -0.148. The SMILES string of the molecule is C=CC1CC1(NC(=O)[C@@H]1C[C@@H](OC(=O)N2CCc3ccccc3C2)CN1C(=O)[C@@H](CC(=O)N1CCCCC1)C(C)(C)C)C(=O)NS(=O)(=O)C1CC1. The lowest BCUT2D eigenvalue weighted by Crippen LogP contribution is -2.57. The highest BCUT2D eigenvalue weighted by molar-refractivity contribution is 7.91. The molecular weight excluding hydrogens is 675 g/mol. The zero-order valence-electron chi connectivity index (χ0n) is 29.9. The summed E-state index contributed by atoms with van der Waals surface area (Å²) in [5, 5.41) is 2.15. The van der Waals surface area contributed by atoms with Crippen LogP contribution in [0.2, 0.25) is 0 Å². The van der Waals surface area contributed by atoms with E-state index in [1.807, 2.05) is 45.0 Å². The third kappa shape index (κ3) is 7.95. The lowest BCUT2D eigenvalue weighted by atomic mass is 9.77. The predicted molar refractivity (Wildman–Crippen MR) is 188 cm³/mol. The molecule has 14 heteroatoms. The number of carbonyl (C=O) groups excluding carboxylic acids is 5. The van der Waals surface area contributed by atoms with E-state index in [1.54, 1.807) is 9.80 Å². The monoisotopic (exact) mass is 725 g/mol. The van der Waals surface area contributed by atoms with E-state index in [-0.39, 0.29) is 31.7 Å². The van der Waals surface area contributed by atoms with Crippen molar-refractivity contribution in [2.75, 3.05) is 26.2 Å². The van der Waals surface area contributed by atoms with Crippen molar-refractivity contribution in [1.82, 2.24) is 24.7 Å². The first kappa shape index (κ1) is 36.8. The van der Waals surface area contributed by atoms with Crippen LogP contribution in [0.1, 0.15) is 83.3 Å². The second-order valence-electron chi connectivity index (χ2n) is 15.9. The number of rotatable bonds is 10. The number of hydrogen-bond donors (Lipinski definition) is 2. The van der Waals surface area contributed by atoms with Crippen LogP contribution in [0.25, 0.3) is 0 Å². The highest BCUT2D eigenvalue weighted by Crippen LogP contribution is 2.46. The summed E-state index contributed by atoms with van der Waals surface area (Å²) in [6.07, 6.45) is 4.69. The molecule has 2 N–H and O–H groups in total. The number of hydrogen-bond acceptors (Lipinski definition) is 8. The van der Waals surface area contributed by atoms with Crippen molar-refractivity contribution in [2.24, 2.45) is 17.3 Å². The van der Waals surface area contributed by atoms with E-state index in [0.717, 1.165) is 24.8 Å². The second-order valence-corrected chi connectivity index (χ2v) is 17.9. The molecule has 51 heavy (non-hydrogen) atoms. The number of piperidine rings is 1. The van der Waals surface area contributed by atoms with Crippen LogP contribution in [0.3, 0.4) is 0 Å². The van der Waals surface area contributed by atoms with Crippen molar-refractivity contribution in [1.29, 1.82) is 0 Å². The van der Waals surface area contributed by atoms with Gasteiger partial charge in [-0.3, -0.25) is 23.9 Å². The summed E-state index contributed by atoms with van der Waals surface area (Å²) in [7, 11) is -3.89. The second kappa shape index (κ2) is 14.2. The van der Waals surface area contributed by atoms with Crippen LogP contribution in [0.15, 0.2) is 36.9 Å². The fourth-order valence-corrected chi connectivity index (χ4v) is 9.04. The Morgan fingerprint density at radius 2 is 1.71 bits per heavy atom. The van der Waals surface area contributed by atoms with Crippen molar-refractivity contribution in [3.63, 3.8) is 0 Å². The van der Waals surface area contributed by atoms with Crippen molar-refractivity contribution in [2.45, 2.75) is 108 Å². The Kier molecular flexibility index (Phi) is 10.3. The summed E-state index contributed by atoms with van der Waals surface area (Å²) < 4.78 is 33.5. The van der Waals surface area contributed by atoms with Gasteiger partial charge in [0.05, 0.1) is 17.7 Å². The van der Waals surface area contributed by atoms with Crippen LogP contribution in [-0.2, 0) is 46.9 Å². The third-order valence-electron chi connectivity index (χ3n) is 11.2. The Morgan fingerprint density at radius 1 is 1.02 bits per heavy atom. The standard InChI is InChI=1S/C37H51N5O8S/c1-5-26-21-37(26,34(46)39-51(48,49)28-13-14-28)38-32(44)30-19-27(50-35(47)41-18-15-24-11-7-8-12-25(24)22-41)23-42(30)33(45)29(36(2,3)4)20-31(43)40-16-9-6-10-17-40/h5,7-8,11-12,26-30H,1,6,9-10,13-23H2,2-4H3,(H,38,44)(H,39,46)/t26?,27-,29-,30+,37?/m1/s1. The van der Waals surface area contributed by atoms with E-state index in [0.29, 0.717) is 45.4 Å². The fraction of sp³-hybridized carbons (Fsp3) is 0.649. The van der Waals surface area contributed by atoms with Crippen LogP contribution in [-0.4, -0.2) is 102 Å². The molecule has 3 aliphatic heterocycles. The molecule has 1 aromatic rings. The summed E-state index contributed by atoms with van der Waals surface area (Å²) in [5.41, 5.74) is 0.00605. The maximum Gasteiger partial charge on any atom is 0.410 e. The van der Waals surface area contributed by atoms with E-state index in [1.165, 1.54) is 16.5 Å². The van der Waals surface area contributed by atoms with Gasteiger partial charge < -0.3 is 24.8 Å². The summed E-state index contributed by atoms with van der Waals surface area (Å²) >= 11 is 0. The van der Waals surface area contributed by atoms with E-state index >= 15 is 0 Å². The largest absolute Gasteiger partial charge is 0.444 e. The molecule has 2 saturated heterocycles. The molecule has 278 valence electrons. The minimum absolute atomic E-state index is 0.0263. The zero-order chi connectivity index (χ0) is 36.7. The van der Waals surface area contributed by atoms with Gasteiger partial charge in [-0.1, -0.05) is 51.1 Å². The number of nitrogens with one attached hydrogen (secondary N) is 2. The highest BCUT2D eigenvalue weighted by Gasteiger charge is 2.62. The normalized spacial score (nSPS) is 26.8. The minimum atomic E-state index is -3.89. The Bertz CT molecular complexity index is 1680. The molecule has 3 heterocycles. The number of sulfonamides is 1. The van der Waals surface area contributed by atoms with Crippen molar-refractivity contribution in [3.8, 4) is 0 Å². The van der Waals surface area contributed by atoms with Gasteiger partial charge in [-0.15, -0.1) is 6.58 Å². The molecule has 0 radical (unpaired) electrons. The molecule has 2 saturated carbocycles. The molecule has 13 nitrogen and oxygen atoms in total. The molecular formula is C37H51N5O8S. The Labute approximate surface area is 300 Å². The molecule has 0 spiro atoms. The van der Waals surface area contributed by atoms with E-state index < -0.39 is 74.0 Å². The first-order valence-corrected chi connectivity index (χ1v) is 19.8. The predicted octanol–water partition coefficient (Wildman–Crippen LogP) is 2.89. The van der Waals surface area contributed by atoms with Crippen LogP contribution < -0.4 is 10.0 Å². The molecule has 0 aromatic heterocycles. The van der Waals surface area contributed by atoms with Gasteiger partial charge in [0, 0.05) is 44.9 Å². The molecule has 2 aliphatic carbocycles. The zero-order valence-corrected chi connectivity index (χ0v) is 30.7. The average molecular weight is 726 g/mol. The van der Waals surface area contributed by atoms with Gasteiger partial charge in [0.2, 0.25) is 27.7 Å². The van der Waals surface area contributed by atoms with Gasteiger partial charge in [0.15, 0.2) is 0 Å². The molecule has 5 aliphatic rings. The highest BCUT2D eigenvalue weighted by atomic mass is 32.2. The maximum atomic E-state index is 14.6. The van der Waals surface area contributed by atoms with Gasteiger partial charge in [-0.2, -0.15) is 0 Å². The molecule has 2 unspecified atom stereocenters. The fourth-order valence-electron chi connectivity index (χ4n) is 7.67. The molecule has 4 fully saturated rings. The van der Waals surface area contributed by atoms with Crippen molar-refractivity contribution >= 4 is 39.7 Å². The summed E-state index contributed by atoms with van der Waals surface area (Å²) in [6, 6.07) is 6.76.